The highest BCUT2D eigenvalue weighted by atomic mass is 16.6. The lowest BCUT2D eigenvalue weighted by molar-refractivity contribution is -0.163. The van der Waals surface area contributed by atoms with E-state index in [2.05, 4.69) is 11.3 Å². The monoisotopic (exact) mass is 158 g/mol. The quantitative estimate of drug-likeness (QED) is 0.454. The molecule has 0 heterocycles. The third-order valence-corrected chi connectivity index (χ3v) is 1.60. The smallest absolute Gasteiger partial charge is 0.338 e. The van der Waals surface area contributed by atoms with E-state index in [4.69, 9.17) is 4.74 Å². The number of carbonyl (C=O) groups is 1. The van der Waals surface area contributed by atoms with Crippen molar-refractivity contribution in [3.63, 3.8) is 0 Å². The van der Waals surface area contributed by atoms with Gasteiger partial charge in [-0.1, -0.05) is 6.08 Å². The van der Waals surface area contributed by atoms with Crippen LogP contribution in [0.4, 0.5) is 0 Å². The first-order valence-corrected chi connectivity index (χ1v) is 3.35. The summed E-state index contributed by atoms with van der Waals surface area (Å²) in [7, 11) is 2.81. The molecule has 0 fully saturated rings. The predicted octanol–water partition coefficient (Wildman–Crippen LogP) is 1.14. The van der Waals surface area contributed by atoms with Crippen molar-refractivity contribution in [3.05, 3.63) is 12.7 Å². The molecule has 0 spiro atoms. The molecule has 0 rings (SSSR count). The third-order valence-electron chi connectivity index (χ3n) is 1.60. The first-order valence-electron chi connectivity index (χ1n) is 3.35. The molecule has 0 radical (unpaired) electrons. The number of ether oxygens (including phenoxy) is 2. The molecule has 3 nitrogen and oxygen atoms in total. The lowest BCUT2D eigenvalue weighted by Crippen LogP contribution is -2.37. The van der Waals surface area contributed by atoms with Crippen LogP contribution in [-0.2, 0) is 14.3 Å². The van der Waals surface area contributed by atoms with Gasteiger partial charge in [0.2, 0.25) is 0 Å². The molecule has 0 saturated heterocycles. The van der Waals surface area contributed by atoms with E-state index in [9.17, 15) is 4.79 Å². The summed E-state index contributed by atoms with van der Waals surface area (Å²) in [6, 6.07) is 0. The Hall–Kier alpha value is -0.830. The molecule has 0 aromatic heterocycles. The number of carbonyl (C=O) groups excluding carboxylic acids is 1. The zero-order valence-corrected chi connectivity index (χ0v) is 7.22. The summed E-state index contributed by atoms with van der Waals surface area (Å²) < 4.78 is 9.53. The van der Waals surface area contributed by atoms with E-state index in [-0.39, 0.29) is 5.97 Å². The molecule has 0 aliphatic heterocycles. The standard InChI is InChI=1S/C8H14O3/c1-5-6-8(2,11-4)7(9)10-3/h5H,1,6H2,2-4H3/t8-/m0/s1. The summed E-state index contributed by atoms with van der Waals surface area (Å²) in [4.78, 5) is 11.1. The molecule has 0 aromatic carbocycles. The van der Waals surface area contributed by atoms with E-state index < -0.39 is 5.60 Å². The van der Waals surface area contributed by atoms with Crippen LogP contribution in [0.1, 0.15) is 13.3 Å². The molecular weight excluding hydrogens is 144 g/mol. The maximum Gasteiger partial charge on any atom is 0.338 e. The molecule has 0 aliphatic carbocycles. The second kappa shape index (κ2) is 4.13. The lowest BCUT2D eigenvalue weighted by atomic mass is 10.0. The average Bonchev–Trinajstić information content (AvgIpc) is 2.03. The highest BCUT2D eigenvalue weighted by Crippen LogP contribution is 2.16. The van der Waals surface area contributed by atoms with Crippen molar-refractivity contribution in [2.75, 3.05) is 14.2 Å². The van der Waals surface area contributed by atoms with Crippen LogP contribution in [-0.4, -0.2) is 25.8 Å². The Balaban J connectivity index is 4.31. The second-order valence-electron chi connectivity index (χ2n) is 2.42. The van der Waals surface area contributed by atoms with Gasteiger partial charge in [0.25, 0.3) is 0 Å². The summed E-state index contributed by atoms with van der Waals surface area (Å²) >= 11 is 0. The normalized spacial score (nSPS) is 15.2. The molecule has 0 aliphatic rings. The molecule has 11 heavy (non-hydrogen) atoms. The first-order chi connectivity index (χ1) is 5.10. The van der Waals surface area contributed by atoms with Crippen LogP contribution >= 0.6 is 0 Å². The van der Waals surface area contributed by atoms with Gasteiger partial charge in [0, 0.05) is 13.5 Å². The Bertz CT molecular complexity index is 153. The molecule has 0 aromatic rings. The summed E-state index contributed by atoms with van der Waals surface area (Å²) in [6.45, 7) is 5.19. The fourth-order valence-electron chi connectivity index (χ4n) is 0.741. The van der Waals surface area contributed by atoms with Gasteiger partial charge < -0.3 is 9.47 Å². The molecular formula is C8H14O3. The molecule has 0 unspecified atom stereocenters. The van der Waals surface area contributed by atoms with Gasteiger partial charge in [-0.25, -0.2) is 4.79 Å². The lowest BCUT2D eigenvalue weighted by Gasteiger charge is -2.22. The number of esters is 1. The largest absolute Gasteiger partial charge is 0.467 e. The predicted molar refractivity (Wildman–Crippen MR) is 42.2 cm³/mol. The summed E-state index contributed by atoms with van der Waals surface area (Å²) in [5.74, 6) is -0.375. The van der Waals surface area contributed by atoms with Gasteiger partial charge in [0.05, 0.1) is 7.11 Å². The van der Waals surface area contributed by atoms with E-state index in [0.29, 0.717) is 6.42 Å². The van der Waals surface area contributed by atoms with Crippen LogP contribution in [0.25, 0.3) is 0 Å². The highest BCUT2D eigenvalue weighted by molar-refractivity contribution is 5.79. The number of hydrogen-bond donors (Lipinski definition) is 0. The van der Waals surface area contributed by atoms with Crippen LogP contribution in [0.3, 0.4) is 0 Å². The highest BCUT2D eigenvalue weighted by Gasteiger charge is 2.32. The van der Waals surface area contributed by atoms with Crippen LogP contribution in [0.2, 0.25) is 0 Å². The van der Waals surface area contributed by atoms with Crippen molar-refractivity contribution in [2.24, 2.45) is 0 Å². The minimum Gasteiger partial charge on any atom is -0.467 e. The zero-order valence-electron chi connectivity index (χ0n) is 7.22. The van der Waals surface area contributed by atoms with Crippen molar-refractivity contribution < 1.29 is 14.3 Å². The summed E-state index contributed by atoms with van der Waals surface area (Å²) in [5, 5.41) is 0. The van der Waals surface area contributed by atoms with Gasteiger partial charge in [0.1, 0.15) is 0 Å². The van der Waals surface area contributed by atoms with Gasteiger partial charge in [-0.05, 0) is 6.92 Å². The minimum absolute atomic E-state index is 0.375. The second-order valence-corrected chi connectivity index (χ2v) is 2.42. The van der Waals surface area contributed by atoms with Gasteiger partial charge in [0.15, 0.2) is 5.60 Å². The Morgan fingerprint density at radius 1 is 1.64 bits per heavy atom. The molecule has 0 N–H and O–H groups in total. The maximum absolute atomic E-state index is 11.1. The molecule has 3 heteroatoms. The first kappa shape index (κ1) is 10.2. The van der Waals surface area contributed by atoms with E-state index in [1.165, 1.54) is 14.2 Å². The van der Waals surface area contributed by atoms with E-state index >= 15 is 0 Å². The third kappa shape index (κ3) is 2.35. The van der Waals surface area contributed by atoms with Gasteiger partial charge in [-0.15, -0.1) is 6.58 Å². The number of rotatable bonds is 4. The van der Waals surface area contributed by atoms with Gasteiger partial charge in [-0.2, -0.15) is 0 Å². The maximum atomic E-state index is 11.1. The van der Waals surface area contributed by atoms with Crippen molar-refractivity contribution in [1.82, 2.24) is 0 Å². The fourth-order valence-corrected chi connectivity index (χ4v) is 0.741. The van der Waals surface area contributed by atoms with Gasteiger partial charge in [-0.3, -0.25) is 0 Å². The van der Waals surface area contributed by atoms with E-state index in [0.717, 1.165) is 0 Å². The molecule has 1 atom stereocenters. The Kier molecular flexibility index (Phi) is 3.82. The SMILES string of the molecule is C=CC[C@](C)(OC)C(=O)OC. The zero-order chi connectivity index (χ0) is 8.91. The molecule has 0 bridgehead atoms. The number of methoxy groups -OCH3 is 2. The Morgan fingerprint density at radius 3 is 2.45 bits per heavy atom. The van der Waals surface area contributed by atoms with E-state index in [1.807, 2.05) is 0 Å². The Labute approximate surface area is 67.0 Å². The molecule has 64 valence electrons. The minimum atomic E-state index is -0.878. The van der Waals surface area contributed by atoms with E-state index in [1.54, 1.807) is 13.0 Å². The van der Waals surface area contributed by atoms with Crippen molar-refractivity contribution >= 4 is 5.97 Å². The summed E-state index contributed by atoms with van der Waals surface area (Å²) in [6.07, 6.45) is 2.08. The topological polar surface area (TPSA) is 35.5 Å². The average molecular weight is 158 g/mol. The van der Waals surface area contributed by atoms with Crippen molar-refractivity contribution in [3.8, 4) is 0 Å². The fraction of sp³-hybridized carbons (Fsp3) is 0.625. The van der Waals surface area contributed by atoms with Crippen LogP contribution in [0.15, 0.2) is 12.7 Å². The van der Waals surface area contributed by atoms with Crippen LogP contribution in [0, 0.1) is 0 Å². The molecule has 0 amide bonds. The number of hydrogen-bond acceptors (Lipinski definition) is 3. The van der Waals surface area contributed by atoms with Gasteiger partial charge >= 0.3 is 5.97 Å². The van der Waals surface area contributed by atoms with Crippen molar-refractivity contribution in [2.45, 2.75) is 18.9 Å². The van der Waals surface area contributed by atoms with Crippen LogP contribution in [0.5, 0.6) is 0 Å². The van der Waals surface area contributed by atoms with Crippen LogP contribution < -0.4 is 0 Å². The van der Waals surface area contributed by atoms with Crippen molar-refractivity contribution in [1.29, 1.82) is 0 Å². The summed E-state index contributed by atoms with van der Waals surface area (Å²) in [5.41, 5.74) is -0.878. The Morgan fingerprint density at radius 2 is 2.18 bits per heavy atom. The molecule has 0 saturated carbocycles.